The molecule has 0 saturated heterocycles. The van der Waals surface area contributed by atoms with E-state index in [1.807, 2.05) is 54.6 Å². The van der Waals surface area contributed by atoms with Crippen molar-refractivity contribution in [1.29, 1.82) is 0 Å². The molecule has 9 heteroatoms. The van der Waals surface area contributed by atoms with Gasteiger partial charge in [-0.3, -0.25) is 25.2 Å². The molecule has 0 fully saturated rings. The number of carbonyl (C=O) groups excluding carboxylic acids is 3. The van der Waals surface area contributed by atoms with Crippen LogP contribution in [0.5, 0.6) is 5.75 Å². The standard InChI is InChI=1S/C25H31N3O5S/c1-3-18(2)20-9-11-21(12-10-20)33-17-23(30)27-28-25(34)26-22(29)13-14-24(31)32-16-15-19-7-5-4-6-8-19/h4-12,18H,3,13-17H2,1-2H3,(H,27,30)(H2,26,28,29,34). The number of amides is 2. The minimum Gasteiger partial charge on any atom is -0.484 e. The van der Waals surface area contributed by atoms with E-state index in [1.54, 1.807) is 0 Å². The molecule has 2 rings (SSSR count). The fourth-order valence-corrected chi connectivity index (χ4v) is 3.04. The Kier molecular flexibility index (Phi) is 11.5. The molecule has 0 aliphatic rings. The van der Waals surface area contributed by atoms with Crippen LogP contribution >= 0.6 is 12.2 Å². The molecule has 2 aromatic rings. The van der Waals surface area contributed by atoms with Crippen LogP contribution in [-0.4, -0.2) is 36.1 Å². The van der Waals surface area contributed by atoms with E-state index in [1.165, 1.54) is 5.56 Å². The van der Waals surface area contributed by atoms with Crippen molar-refractivity contribution in [2.45, 2.75) is 45.4 Å². The summed E-state index contributed by atoms with van der Waals surface area (Å²) in [5, 5.41) is 2.30. The monoisotopic (exact) mass is 485 g/mol. The third kappa shape index (κ3) is 10.4. The topological polar surface area (TPSA) is 106 Å². The predicted octanol–water partition coefficient (Wildman–Crippen LogP) is 3.17. The quantitative estimate of drug-likeness (QED) is 0.255. The van der Waals surface area contributed by atoms with Crippen LogP contribution in [-0.2, 0) is 25.5 Å². The number of esters is 1. The van der Waals surface area contributed by atoms with E-state index in [0.717, 1.165) is 12.0 Å². The zero-order valence-electron chi connectivity index (χ0n) is 19.5. The molecule has 182 valence electrons. The average Bonchev–Trinajstić information content (AvgIpc) is 2.85. The molecule has 0 spiro atoms. The Balaban J connectivity index is 1.56. The molecule has 0 radical (unpaired) electrons. The fourth-order valence-electron chi connectivity index (χ4n) is 2.88. The van der Waals surface area contributed by atoms with Gasteiger partial charge in [0.15, 0.2) is 11.7 Å². The summed E-state index contributed by atoms with van der Waals surface area (Å²) in [4.78, 5) is 35.6. The lowest BCUT2D eigenvalue weighted by molar-refractivity contribution is -0.144. The number of nitrogens with one attached hydrogen (secondary N) is 3. The van der Waals surface area contributed by atoms with E-state index in [2.05, 4.69) is 30.0 Å². The first-order chi connectivity index (χ1) is 16.4. The third-order valence-electron chi connectivity index (χ3n) is 5.05. The minimum absolute atomic E-state index is 0.0702. The average molecular weight is 486 g/mol. The van der Waals surface area contributed by atoms with Crippen molar-refractivity contribution in [3.05, 3.63) is 65.7 Å². The van der Waals surface area contributed by atoms with Gasteiger partial charge in [0.05, 0.1) is 13.0 Å². The van der Waals surface area contributed by atoms with Crippen LogP contribution < -0.4 is 20.9 Å². The van der Waals surface area contributed by atoms with Gasteiger partial charge in [-0.05, 0) is 47.8 Å². The molecule has 3 N–H and O–H groups in total. The van der Waals surface area contributed by atoms with E-state index in [4.69, 9.17) is 21.7 Å². The lowest BCUT2D eigenvalue weighted by atomic mass is 9.99. The molecule has 0 bridgehead atoms. The molecule has 2 aromatic carbocycles. The molecule has 1 unspecified atom stereocenters. The first-order valence-electron chi connectivity index (χ1n) is 11.2. The van der Waals surface area contributed by atoms with Crippen molar-refractivity contribution in [3.8, 4) is 5.75 Å². The number of rotatable bonds is 11. The van der Waals surface area contributed by atoms with Crippen molar-refractivity contribution >= 4 is 35.1 Å². The summed E-state index contributed by atoms with van der Waals surface area (Å²) in [6, 6.07) is 17.2. The lowest BCUT2D eigenvalue weighted by Crippen LogP contribution is -2.49. The highest BCUT2D eigenvalue weighted by Crippen LogP contribution is 2.21. The fraction of sp³-hybridized carbons (Fsp3) is 0.360. The SMILES string of the molecule is CCC(C)c1ccc(OCC(=O)NNC(=S)NC(=O)CCC(=O)OCCc2ccccc2)cc1. The van der Waals surface area contributed by atoms with Crippen molar-refractivity contribution < 1.29 is 23.9 Å². The molecule has 34 heavy (non-hydrogen) atoms. The summed E-state index contributed by atoms with van der Waals surface area (Å²) < 4.78 is 10.6. The number of ether oxygens (including phenoxy) is 2. The Bertz CT molecular complexity index is 951. The summed E-state index contributed by atoms with van der Waals surface area (Å²) in [5.74, 6) is -0.363. The number of benzene rings is 2. The highest BCUT2D eigenvalue weighted by Gasteiger charge is 2.11. The number of carbonyl (C=O) groups is 3. The first-order valence-corrected chi connectivity index (χ1v) is 11.6. The smallest absolute Gasteiger partial charge is 0.306 e. The van der Waals surface area contributed by atoms with Crippen LogP contribution in [0.25, 0.3) is 0 Å². The van der Waals surface area contributed by atoms with E-state index in [0.29, 0.717) is 18.1 Å². The first kappa shape index (κ1) is 26.8. The third-order valence-corrected chi connectivity index (χ3v) is 5.26. The molecular weight excluding hydrogens is 454 g/mol. The van der Waals surface area contributed by atoms with Crippen molar-refractivity contribution in [2.24, 2.45) is 0 Å². The van der Waals surface area contributed by atoms with Gasteiger partial charge < -0.3 is 14.8 Å². The zero-order chi connectivity index (χ0) is 24.8. The molecule has 8 nitrogen and oxygen atoms in total. The van der Waals surface area contributed by atoms with E-state index < -0.39 is 17.8 Å². The number of thiocarbonyl (C=S) groups is 1. The summed E-state index contributed by atoms with van der Waals surface area (Å²) in [7, 11) is 0. The van der Waals surface area contributed by atoms with Gasteiger partial charge in [0.2, 0.25) is 5.91 Å². The molecule has 0 saturated carbocycles. The van der Waals surface area contributed by atoms with Crippen LogP contribution in [0.1, 0.15) is 50.2 Å². The van der Waals surface area contributed by atoms with Gasteiger partial charge in [-0.1, -0.05) is 56.3 Å². The van der Waals surface area contributed by atoms with Gasteiger partial charge in [-0.15, -0.1) is 0 Å². The van der Waals surface area contributed by atoms with E-state index in [9.17, 15) is 14.4 Å². The Hall–Kier alpha value is -3.46. The lowest BCUT2D eigenvalue weighted by Gasteiger charge is -2.12. The second-order valence-corrected chi connectivity index (χ2v) is 8.08. The van der Waals surface area contributed by atoms with Gasteiger partial charge in [0.1, 0.15) is 5.75 Å². The maximum Gasteiger partial charge on any atom is 0.306 e. The molecule has 2 amide bonds. The van der Waals surface area contributed by atoms with Crippen LogP contribution in [0.15, 0.2) is 54.6 Å². The highest BCUT2D eigenvalue weighted by atomic mass is 32.1. The van der Waals surface area contributed by atoms with Gasteiger partial charge in [0.25, 0.3) is 5.91 Å². The second-order valence-electron chi connectivity index (χ2n) is 7.67. The number of hydrazine groups is 1. The largest absolute Gasteiger partial charge is 0.484 e. The van der Waals surface area contributed by atoms with Crippen molar-refractivity contribution in [3.63, 3.8) is 0 Å². The molecule has 0 aliphatic heterocycles. The van der Waals surface area contributed by atoms with Crippen LogP contribution in [0.4, 0.5) is 0 Å². The normalized spacial score (nSPS) is 11.1. The molecular formula is C25H31N3O5S. The maximum absolute atomic E-state index is 11.9. The zero-order valence-corrected chi connectivity index (χ0v) is 20.3. The number of hydrogen-bond acceptors (Lipinski definition) is 6. The molecule has 0 aliphatic carbocycles. The van der Waals surface area contributed by atoms with Crippen molar-refractivity contribution in [2.75, 3.05) is 13.2 Å². The molecule has 0 heterocycles. The summed E-state index contributed by atoms with van der Waals surface area (Å²) in [5.41, 5.74) is 7.05. The summed E-state index contributed by atoms with van der Waals surface area (Å²) in [6.07, 6.45) is 1.50. The second kappa shape index (κ2) is 14.6. The number of hydrogen-bond donors (Lipinski definition) is 3. The van der Waals surface area contributed by atoms with Crippen LogP contribution in [0.3, 0.4) is 0 Å². The Morgan fingerprint density at radius 3 is 2.32 bits per heavy atom. The molecule has 0 aromatic heterocycles. The van der Waals surface area contributed by atoms with Crippen LogP contribution in [0, 0.1) is 0 Å². The van der Waals surface area contributed by atoms with Gasteiger partial charge >= 0.3 is 5.97 Å². The summed E-state index contributed by atoms with van der Waals surface area (Å²) in [6.45, 7) is 4.30. The Morgan fingerprint density at radius 2 is 1.65 bits per heavy atom. The minimum atomic E-state index is -0.468. The van der Waals surface area contributed by atoms with Crippen molar-refractivity contribution in [1.82, 2.24) is 16.2 Å². The van der Waals surface area contributed by atoms with Gasteiger partial charge in [-0.25, -0.2) is 0 Å². The predicted molar refractivity (Wildman–Crippen MR) is 133 cm³/mol. The van der Waals surface area contributed by atoms with E-state index in [-0.39, 0.29) is 31.2 Å². The van der Waals surface area contributed by atoms with Gasteiger partial charge in [0, 0.05) is 12.8 Å². The van der Waals surface area contributed by atoms with E-state index >= 15 is 0 Å². The summed E-state index contributed by atoms with van der Waals surface area (Å²) >= 11 is 4.97. The Morgan fingerprint density at radius 1 is 0.941 bits per heavy atom. The van der Waals surface area contributed by atoms with Crippen LogP contribution in [0.2, 0.25) is 0 Å². The van der Waals surface area contributed by atoms with Gasteiger partial charge in [-0.2, -0.15) is 0 Å². The molecule has 1 atom stereocenters. The maximum atomic E-state index is 11.9. The Labute approximate surface area is 205 Å². The highest BCUT2D eigenvalue weighted by molar-refractivity contribution is 7.80.